The summed E-state index contributed by atoms with van der Waals surface area (Å²) in [4.78, 5) is 2.39. The number of hydrogen-bond acceptors (Lipinski definition) is 5. The molecule has 2 rings (SSSR count). The minimum atomic E-state index is 0.628. The topological polar surface area (TPSA) is 51.0 Å². The Kier molecular flexibility index (Phi) is 4.28. The molecule has 0 saturated carbocycles. The molecule has 0 amide bonds. The number of hydrogen-bond donors (Lipinski definition) is 1. The summed E-state index contributed by atoms with van der Waals surface area (Å²) < 4.78 is 5.60. The quantitative estimate of drug-likeness (QED) is 0.802. The van der Waals surface area contributed by atoms with Gasteiger partial charge in [0.2, 0.25) is 5.89 Å². The molecule has 4 nitrogen and oxygen atoms in total. The maximum Gasteiger partial charge on any atom is 0.257 e. The van der Waals surface area contributed by atoms with Crippen LogP contribution in [0.3, 0.4) is 0 Å². The zero-order chi connectivity index (χ0) is 12.1. The molecular formula is C12H17N3OS. The second-order valence-corrected chi connectivity index (χ2v) is 4.97. The van der Waals surface area contributed by atoms with E-state index in [1.807, 2.05) is 6.07 Å². The maximum absolute atomic E-state index is 5.60. The third kappa shape index (κ3) is 3.14. The van der Waals surface area contributed by atoms with Crippen molar-refractivity contribution in [3.05, 3.63) is 22.9 Å². The highest BCUT2D eigenvalue weighted by atomic mass is 32.1. The molecule has 0 radical (unpaired) electrons. The lowest BCUT2D eigenvalue weighted by molar-refractivity contribution is 0.478. The lowest BCUT2D eigenvalue weighted by Gasteiger charge is -1.96. The maximum atomic E-state index is 5.60. The molecular weight excluding hydrogens is 234 g/mol. The minimum absolute atomic E-state index is 0.628. The van der Waals surface area contributed by atoms with Crippen molar-refractivity contribution >= 4 is 11.3 Å². The molecule has 5 heteroatoms. The van der Waals surface area contributed by atoms with Crippen LogP contribution in [0, 0.1) is 0 Å². The van der Waals surface area contributed by atoms with E-state index < -0.39 is 0 Å². The fourth-order valence-electron chi connectivity index (χ4n) is 1.48. The first kappa shape index (κ1) is 12.3. The molecule has 2 heterocycles. The summed E-state index contributed by atoms with van der Waals surface area (Å²) in [6, 6.07) is 4.15. The SMILES string of the molecule is CCCNCc1nnc(-c2ccc(CC)s2)o1. The van der Waals surface area contributed by atoms with Gasteiger partial charge < -0.3 is 9.73 Å². The summed E-state index contributed by atoms with van der Waals surface area (Å²) in [5.41, 5.74) is 0. The molecule has 0 fully saturated rings. The summed E-state index contributed by atoms with van der Waals surface area (Å²) in [7, 11) is 0. The monoisotopic (exact) mass is 251 g/mol. The second kappa shape index (κ2) is 5.93. The highest BCUT2D eigenvalue weighted by Crippen LogP contribution is 2.27. The van der Waals surface area contributed by atoms with E-state index in [-0.39, 0.29) is 0 Å². The third-order valence-electron chi connectivity index (χ3n) is 2.39. The van der Waals surface area contributed by atoms with Crippen LogP contribution in [-0.4, -0.2) is 16.7 Å². The van der Waals surface area contributed by atoms with Gasteiger partial charge in [0.15, 0.2) is 0 Å². The molecule has 2 aromatic heterocycles. The van der Waals surface area contributed by atoms with Gasteiger partial charge in [0.25, 0.3) is 5.89 Å². The van der Waals surface area contributed by atoms with Crippen molar-refractivity contribution in [2.75, 3.05) is 6.54 Å². The lowest BCUT2D eigenvalue weighted by atomic mass is 10.4. The van der Waals surface area contributed by atoms with Gasteiger partial charge in [-0.05, 0) is 31.5 Å². The predicted octanol–water partition coefficient (Wildman–Crippen LogP) is 2.86. The fraction of sp³-hybridized carbons (Fsp3) is 0.500. The standard InChI is InChI=1S/C12H17N3OS/c1-3-7-13-8-11-14-15-12(16-11)10-6-5-9(4-2)17-10/h5-6,13H,3-4,7-8H2,1-2H3. The molecule has 92 valence electrons. The average molecular weight is 251 g/mol. The molecule has 17 heavy (non-hydrogen) atoms. The molecule has 1 N–H and O–H groups in total. The van der Waals surface area contributed by atoms with Crippen molar-refractivity contribution in [3.8, 4) is 10.8 Å². The summed E-state index contributed by atoms with van der Waals surface area (Å²) in [5.74, 6) is 1.28. The first-order chi connectivity index (χ1) is 8.33. The van der Waals surface area contributed by atoms with Gasteiger partial charge in [-0.1, -0.05) is 13.8 Å². The Morgan fingerprint density at radius 3 is 2.88 bits per heavy atom. The van der Waals surface area contributed by atoms with Gasteiger partial charge in [0.05, 0.1) is 11.4 Å². The first-order valence-electron chi connectivity index (χ1n) is 5.95. The van der Waals surface area contributed by atoms with Crippen LogP contribution in [0.1, 0.15) is 31.0 Å². The average Bonchev–Trinajstić information content (AvgIpc) is 2.97. The van der Waals surface area contributed by atoms with E-state index in [2.05, 4.69) is 35.4 Å². The smallest absolute Gasteiger partial charge is 0.257 e. The van der Waals surface area contributed by atoms with Crippen molar-refractivity contribution in [3.63, 3.8) is 0 Å². The molecule has 0 spiro atoms. The largest absolute Gasteiger partial charge is 0.419 e. The summed E-state index contributed by atoms with van der Waals surface area (Å²) in [6.07, 6.45) is 2.15. The van der Waals surface area contributed by atoms with Gasteiger partial charge >= 0.3 is 0 Å². The Bertz CT molecular complexity index is 464. The molecule has 2 aromatic rings. The number of nitrogens with zero attached hydrogens (tertiary/aromatic N) is 2. The van der Waals surface area contributed by atoms with Crippen LogP contribution in [0.4, 0.5) is 0 Å². The first-order valence-corrected chi connectivity index (χ1v) is 6.77. The lowest BCUT2D eigenvalue weighted by Crippen LogP contribution is -2.13. The van der Waals surface area contributed by atoms with Crippen molar-refractivity contribution < 1.29 is 4.42 Å². The Balaban J connectivity index is 2.02. The van der Waals surface area contributed by atoms with Gasteiger partial charge in [-0.3, -0.25) is 0 Å². The predicted molar refractivity (Wildman–Crippen MR) is 69.0 cm³/mol. The van der Waals surface area contributed by atoms with Crippen molar-refractivity contribution in [2.45, 2.75) is 33.2 Å². The van der Waals surface area contributed by atoms with E-state index in [1.165, 1.54) is 4.88 Å². The molecule has 0 unspecified atom stereocenters. The van der Waals surface area contributed by atoms with Gasteiger partial charge in [-0.2, -0.15) is 0 Å². The fourth-order valence-corrected chi connectivity index (χ4v) is 2.35. The summed E-state index contributed by atoms with van der Waals surface area (Å²) in [5, 5.41) is 11.3. The zero-order valence-electron chi connectivity index (χ0n) is 10.2. The van der Waals surface area contributed by atoms with Crippen molar-refractivity contribution in [2.24, 2.45) is 0 Å². The number of aromatic nitrogens is 2. The normalized spacial score (nSPS) is 10.9. The Labute approximate surface area is 105 Å². The van der Waals surface area contributed by atoms with E-state index in [1.54, 1.807) is 11.3 Å². The zero-order valence-corrected chi connectivity index (χ0v) is 11.0. The summed E-state index contributed by atoms with van der Waals surface area (Å²) >= 11 is 1.71. The number of aryl methyl sites for hydroxylation is 1. The van der Waals surface area contributed by atoms with E-state index in [4.69, 9.17) is 4.42 Å². The Morgan fingerprint density at radius 2 is 2.18 bits per heavy atom. The molecule has 0 aromatic carbocycles. The van der Waals surface area contributed by atoms with Crippen LogP contribution in [0.25, 0.3) is 10.8 Å². The van der Waals surface area contributed by atoms with E-state index in [9.17, 15) is 0 Å². The van der Waals surface area contributed by atoms with Crippen LogP contribution >= 0.6 is 11.3 Å². The van der Waals surface area contributed by atoms with Crippen LogP contribution < -0.4 is 5.32 Å². The van der Waals surface area contributed by atoms with E-state index >= 15 is 0 Å². The van der Waals surface area contributed by atoms with Crippen LogP contribution in [0.5, 0.6) is 0 Å². The Hall–Kier alpha value is -1.20. The molecule has 0 aliphatic heterocycles. The molecule has 0 bridgehead atoms. The second-order valence-electron chi connectivity index (χ2n) is 3.80. The molecule has 0 aliphatic rings. The van der Waals surface area contributed by atoms with Gasteiger partial charge in [0.1, 0.15) is 0 Å². The Morgan fingerprint density at radius 1 is 1.29 bits per heavy atom. The van der Waals surface area contributed by atoms with Gasteiger partial charge in [0, 0.05) is 4.88 Å². The van der Waals surface area contributed by atoms with Crippen molar-refractivity contribution in [1.82, 2.24) is 15.5 Å². The number of rotatable bonds is 6. The van der Waals surface area contributed by atoms with Crippen LogP contribution in [0.15, 0.2) is 16.5 Å². The van der Waals surface area contributed by atoms with Crippen LogP contribution in [-0.2, 0) is 13.0 Å². The molecule has 0 saturated heterocycles. The van der Waals surface area contributed by atoms with Gasteiger partial charge in [-0.25, -0.2) is 0 Å². The van der Waals surface area contributed by atoms with E-state index in [0.29, 0.717) is 18.3 Å². The van der Waals surface area contributed by atoms with Crippen molar-refractivity contribution in [1.29, 1.82) is 0 Å². The number of thiophene rings is 1. The van der Waals surface area contributed by atoms with Crippen LogP contribution in [0.2, 0.25) is 0 Å². The third-order valence-corrected chi connectivity index (χ3v) is 3.61. The van der Waals surface area contributed by atoms with Gasteiger partial charge in [-0.15, -0.1) is 21.5 Å². The minimum Gasteiger partial charge on any atom is -0.419 e. The van der Waals surface area contributed by atoms with E-state index in [0.717, 1.165) is 24.3 Å². The molecule has 0 aliphatic carbocycles. The summed E-state index contributed by atoms with van der Waals surface area (Å²) in [6.45, 7) is 5.89. The highest BCUT2D eigenvalue weighted by molar-refractivity contribution is 7.15. The molecule has 0 atom stereocenters. The number of nitrogens with one attached hydrogen (secondary N) is 1. The highest BCUT2D eigenvalue weighted by Gasteiger charge is 2.10.